The Hall–Kier alpha value is -1.31. The van der Waals surface area contributed by atoms with Crippen LogP contribution >= 0.6 is 0 Å². The molecule has 2 rings (SSSR count). The molecule has 1 heterocycles. The van der Waals surface area contributed by atoms with Gasteiger partial charge in [-0.1, -0.05) is 19.9 Å². The SMILES string of the molecule is [2H]C([2H])([2H])n1ncc2cc(C(C)C)ccc21. The van der Waals surface area contributed by atoms with Crippen LogP contribution in [0.5, 0.6) is 0 Å². The fourth-order valence-corrected chi connectivity index (χ4v) is 1.41. The minimum absolute atomic E-state index is 0.431. The second-order valence-electron chi connectivity index (χ2n) is 3.53. The highest BCUT2D eigenvalue weighted by Crippen LogP contribution is 2.20. The molecule has 0 radical (unpaired) electrons. The molecule has 0 spiro atoms. The maximum atomic E-state index is 7.34. The van der Waals surface area contributed by atoms with Gasteiger partial charge in [-0.15, -0.1) is 0 Å². The molecule has 0 unspecified atom stereocenters. The Labute approximate surface area is 82.4 Å². The van der Waals surface area contributed by atoms with Gasteiger partial charge in [0.15, 0.2) is 0 Å². The lowest BCUT2D eigenvalue weighted by molar-refractivity contribution is 0.796. The number of nitrogens with zero attached hydrogens (tertiary/aromatic N) is 2. The molecule has 0 atom stereocenters. The van der Waals surface area contributed by atoms with E-state index in [1.165, 1.54) is 5.56 Å². The quantitative estimate of drug-likeness (QED) is 0.655. The minimum atomic E-state index is -2.21. The number of fused-ring (bicyclic) bond motifs is 1. The second-order valence-corrected chi connectivity index (χ2v) is 3.53. The standard InChI is InChI=1S/C11H14N2/c1-8(2)9-4-5-11-10(6-9)7-12-13(11)3/h4-8H,1-3H3/i3D3. The maximum Gasteiger partial charge on any atom is 0.0679 e. The molecule has 68 valence electrons. The molecule has 2 aromatic rings. The summed E-state index contributed by atoms with van der Waals surface area (Å²) in [4.78, 5) is 0. The first-order valence-electron chi connectivity index (χ1n) is 5.88. The van der Waals surface area contributed by atoms with Crippen LogP contribution in [0.15, 0.2) is 24.4 Å². The van der Waals surface area contributed by atoms with Crippen molar-refractivity contribution in [2.45, 2.75) is 19.8 Å². The van der Waals surface area contributed by atoms with Crippen LogP contribution in [0.25, 0.3) is 10.9 Å². The summed E-state index contributed by atoms with van der Waals surface area (Å²) in [6.07, 6.45) is 1.60. The molecular formula is C11H14N2. The van der Waals surface area contributed by atoms with E-state index in [9.17, 15) is 0 Å². The molecule has 1 aromatic heterocycles. The average Bonchev–Trinajstić information content (AvgIpc) is 2.58. The molecule has 0 saturated heterocycles. The molecule has 0 fully saturated rings. The van der Waals surface area contributed by atoms with Crippen LogP contribution in [0.3, 0.4) is 0 Å². The Bertz CT molecular complexity index is 511. The summed E-state index contributed by atoms with van der Waals surface area (Å²) in [5, 5.41) is 4.80. The molecule has 0 saturated carbocycles. The van der Waals surface area contributed by atoms with E-state index in [-0.39, 0.29) is 0 Å². The van der Waals surface area contributed by atoms with Gasteiger partial charge >= 0.3 is 0 Å². The van der Waals surface area contributed by atoms with Crippen LogP contribution < -0.4 is 0 Å². The third kappa shape index (κ3) is 1.32. The van der Waals surface area contributed by atoms with Crippen molar-refractivity contribution in [3.05, 3.63) is 30.0 Å². The van der Waals surface area contributed by atoms with Crippen molar-refractivity contribution in [2.24, 2.45) is 6.98 Å². The third-order valence-corrected chi connectivity index (χ3v) is 2.26. The van der Waals surface area contributed by atoms with Gasteiger partial charge in [-0.2, -0.15) is 5.10 Å². The Morgan fingerprint density at radius 3 is 3.00 bits per heavy atom. The highest BCUT2D eigenvalue weighted by Gasteiger charge is 2.02. The van der Waals surface area contributed by atoms with E-state index in [0.29, 0.717) is 11.4 Å². The van der Waals surface area contributed by atoms with Crippen molar-refractivity contribution in [1.82, 2.24) is 9.78 Å². The van der Waals surface area contributed by atoms with Crippen molar-refractivity contribution in [1.29, 1.82) is 0 Å². The van der Waals surface area contributed by atoms with Gasteiger partial charge in [-0.3, -0.25) is 4.68 Å². The molecule has 2 nitrogen and oxygen atoms in total. The second kappa shape index (κ2) is 2.87. The van der Waals surface area contributed by atoms with Gasteiger partial charge in [0, 0.05) is 16.5 Å². The van der Waals surface area contributed by atoms with Gasteiger partial charge in [0.25, 0.3) is 0 Å². The van der Waals surface area contributed by atoms with Crippen LogP contribution in [0, 0.1) is 0 Å². The Balaban J connectivity index is 2.59. The van der Waals surface area contributed by atoms with Crippen molar-refractivity contribution < 1.29 is 4.11 Å². The summed E-state index contributed by atoms with van der Waals surface area (Å²) >= 11 is 0. The van der Waals surface area contributed by atoms with Crippen molar-refractivity contribution >= 4 is 10.9 Å². The lowest BCUT2D eigenvalue weighted by Gasteiger charge is -2.04. The number of hydrogen-bond donors (Lipinski definition) is 0. The first-order chi connectivity index (χ1) is 7.39. The Kier molecular flexibility index (Phi) is 1.20. The predicted octanol–water partition coefficient (Wildman–Crippen LogP) is 2.70. The summed E-state index contributed by atoms with van der Waals surface area (Å²) in [6.45, 7) is 2.01. The monoisotopic (exact) mass is 177 g/mol. The maximum absolute atomic E-state index is 7.34. The van der Waals surface area contributed by atoms with E-state index < -0.39 is 6.98 Å². The van der Waals surface area contributed by atoms with E-state index in [0.717, 1.165) is 10.1 Å². The molecule has 1 aromatic carbocycles. The van der Waals surface area contributed by atoms with Crippen LogP contribution in [-0.2, 0) is 6.98 Å². The number of rotatable bonds is 1. The molecular weight excluding hydrogens is 160 g/mol. The number of aryl methyl sites for hydroxylation is 1. The molecule has 13 heavy (non-hydrogen) atoms. The van der Waals surface area contributed by atoms with Crippen LogP contribution in [0.2, 0.25) is 0 Å². The van der Waals surface area contributed by atoms with Crippen LogP contribution in [0.4, 0.5) is 0 Å². The summed E-state index contributed by atoms with van der Waals surface area (Å²) in [6, 6.07) is 5.77. The largest absolute Gasteiger partial charge is 0.268 e. The predicted molar refractivity (Wildman–Crippen MR) is 54.8 cm³/mol. The number of aromatic nitrogens is 2. The number of benzene rings is 1. The topological polar surface area (TPSA) is 17.8 Å². The van der Waals surface area contributed by atoms with Gasteiger partial charge in [0.1, 0.15) is 0 Å². The van der Waals surface area contributed by atoms with Gasteiger partial charge < -0.3 is 0 Å². The van der Waals surface area contributed by atoms with Crippen LogP contribution in [-0.4, -0.2) is 9.78 Å². The normalized spacial score (nSPS) is 15.8. The molecule has 2 heteroatoms. The lowest BCUT2D eigenvalue weighted by Crippen LogP contribution is -1.90. The van der Waals surface area contributed by atoms with Crippen molar-refractivity contribution in [3.63, 3.8) is 0 Å². The Morgan fingerprint density at radius 1 is 1.46 bits per heavy atom. The first kappa shape index (κ1) is 5.43. The van der Waals surface area contributed by atoms with E-state index >= 15 is 0 Å². The summed E-state index contributed by atoms with van der Waals surface area (Å²) in [5.41, 5.74) is 1.85. The number of hydrogen-bond acceptors (Lipinski definition) is 1. The fourth-order valence-electron chi connectivity index (χ4n) is 1.41. The van der Waals surface area contributed by atoms with E-state index in [1.54, 1.807) is 6.20 Å². The zero-order valence-electron chi connectivity index (χ0n) is 10.8. The molecule has 0 amide bonds. The third-order valence-electron chi connectivity index (χ3n) is 2.26. The highest BCUT2D eigenvalue weighted by atomic mass is 15.2. The molecule has 0 aliphatic carbocycles. The van der Waals surface area contributed by atoms with Gasteiger partial charge in [0.05, 0.1) is 11.7 Å². The van der Waals surface area contributed by atoms with E-state index in [4.69, 9.17) is 4.11 Å². The lowest BCUT2D eigenvalue weighted by atomic mass is 10.0. The summed E-state index contributed by atoms with van der Waals surface area (Å²) in [5.74, 6) is 0.431. The fraction of sp³-hybridized carbons (Fsp3) is 0.364. The van der Waals surface area contributed by atoms with Gasteiger partial charge in [-0.05, 0) is 23.6 Å². The Morgan fingerprint density at radius 2 is 2.31 bits per heavy atom. The minimum Gasteiger partial charge on any atom is -0.268 e. The first-order valence-corrected chi connectivity index (χ1v) is 4.38. The molecule has 0 aliphatic heterocycles. The van der Waals surface area contributed by atoms with E-state index in [1.807, 2.05) is 18.2 Å². The highest BCUT2D eigenvalue weighted by molar-refractivity contribution is 5.79. The zero-order valence-corrected chi connectivity index (χ0v) is 7.78. The summed E-state index contributed by atoms with van der Waals surface area (Å²) < 4.78 is 23.1. The van der Waals surface area contributed by atoms with E-state index in [2.05, 4.69) is 18.9 Å². The molecule has 0 bridgehead atoms. The van der Waals surface area contributed by atoms with Crippen molar-refractivity contribution in [2.75, 3.05) is 0 Å². The molecule has 0 N–H and O–H groups in total. The average molecular weight is 177 g/mol. The smallest absolute Gasteiger partial charge is 0.0679 e. The molecule has 0 aliphatic rings. The van der Waals surface area contributed by atoms with Crippen LogP contribution in [0.1, 0.15) is 29.4 Å². The van der Waals surface area contributed by atoms with Gasteiger partial charge in [-0.25, -0.2) is 0 Å². The van der Waals surface area contributed by atoms with Crippen molar-refractivity contribution in [3.8, 4) is 0 Å². The van der Waals surface area contributed by atoms with Gasteiger partial charge in [0.2, 0.25) is 0 Å². The summed E-state index contributed by atoms with van der Waals surface area (Å²) in [7, 11) is 0. The zero-order chi connectivity index (χ0) is 11.9.